The van der Waals surface area contributed by atoms with Crippen LogP contribution in [0.1, 0.15) is 52.7 Å². The van der Waals surface area contributed by atoms with Gasteiger partial charge in [0.25, 0.3) is 0 Å². The van der Waals surface area contributed by atoms with E-state index >= 15 is 0 Å². The molecule has 0 aliphatic carbocycles. The van der Waals surface area contributed by atoms with Crippen LogP contribution in [-0.2, 0) is 32.5 Å². The standard InChI is InChI=1S/C21H25.C6H6O.2ClH.Ti/c1-20(2,3)16-11-10-14-12-15-8-7-9-18(21(4,5)6)19(15)17(14)13-16;7-6-4-2-1-3-5-6;;;/h7-13H,1-6H3;1-5,7H;2*1H;/q-1;;;;+3/p-2. The van der Waals surface area contributed by atoms with Gasteiger partial charge in [-0.15, -0.1) is 39.7 Å². The van der Waals surface area contributed by atoms with Crippen LogP contribution in [0.5, 0.6) is 5.75 Å². The number of rotatable bonds is 0. The summed E-state index contributed by atoms with van der Waals surface area (Å²) in [4.78, 5) is 0. The van der Waals surface area contributed by atoms with Crippen molar-refractivity contribution in [3.63, 3.8) is 0 Å². The zero-order valence-electron chi connectivity index (χ0n) is 19.1. The van der Waals surface area contributed by atoms with E-state index in [1.165, 1.54) is 32.7 Å². The third kappa shape index (κ3) is 7.06. The van der Waals surface area contributed by atoms with Crippen molar-refractivity contribution in [3.05, 3.63) is 83.9 Å². The number of hydrogen-bond acceptors (Lipinski definition) is 1. The Hall–Kier alpha value is -1.38. The van der Waals surface area contributed by atoms with Crippen LogP contribution < -0.4 is 24.8 Å². The Morgan fingerprint density at radius 1 is 0.677 bits per heavy atom. The fourth-order valence-corrected chi connectivity index (χ4v) is 3.58. The van der Waals surface area contributed by atoms with Gasteiger partial charge >= 0.3 is 21.7 Å². The number of benzene rings is 3. The fourth-order valence-electron chi connectivity index (χ4n) is 3.58. The van der Waals surface area contributed by atoms with Crippen LogP contribution in [0.2, 0.25) is 0 Å². The maximum atomic E-state index is 8.63. The Labute approximate surface area is 214 Å². The van der Waals surface area contributed by atoms with Gasteiger partial charge in [-0.05, 0) is 23.0 Å². The van der Waals surface area contributed by atoms with Crippen LogP contribution >= 0.6 is 0 Å². The van der Waals surface area contributed by atoms with Gasteiger partial charge in [0.2, 0.25) is 0 Å². The van der Waals surface area contributed by atoms with E-state index in [2.05, 4.69) is 84.0 Å². The first-order valence-electron chi connectivity index (χ1n) is 9.94. The summed E-state index contributed by atoms with van der Waals surface area (Å²) in [6.45, 7) is 13.7. The van der Waals surface area contributed by atoms with Gasteiger partial charge in [0.15, 0.2) is 0 Å². The van der Waals surface area contributed by atoms with Crippen molar-refractivity contribution in [2.24, 2.45) is 0 Å². The van der Waals surface area contributed by atoms with Crippen LogP contribution in [0.15, 0.2) is 72.8 Å². The van der Waals surface area contributed by atoms with Crippen LogP contribution in [-0.4, -0.2) is 5.11 Å². The number of aromatic hydroxyl groups is 1. The van der Waals surface area contributed by atoms with Crippen molar-refractivity contribution in [2.75, 3.05) is 0 Å². The third-order valence-corrected chi connectivity index (χ3v) is 5.16. The van der Waals surface area contributed by atoms with E-state index < -0.39 is 0 Å². The molecule has 0 saturated carbocycles. The monoisotopic (exact) mass is 489 g/mol. The minimum Gasteiger partial charge on any atom is -1.00 e. The predicted octanol–water partition coefficient (Wildman–Crippen LogP) is 1.70. The topological polar surface area (TPSA) is 20.2 Å². The predicted molar refractivity (Wildman–Crippen MR) is 123 cm³/mol. The van der Waals surface area contributed by atoms with E-state index in [0.717, 1.165) is 0 Å². The summed E-state index contributed by atoms with van der Waals surface area (Å²) in [5.74, 6) is 0.322. The molecular weight excluding hydrogens is 459 g/mol. The summed E-state index contributed by atoms with van der Waals surface area (Å²) < 4.78 is 0. The Morgan fingerprint density at radius 3 is 1.77 bits per heavy atom. The van der Waals surface area contributed by atoms with E-state index in [1.807, 2.05) is 6.07 Å². The first-order chi connectivity index (χ1) is 13.1. The molecule has 1 nitrogen and oxygen atoms in total. The van der Waals surface area contributed by atoms with E-state index in [0.29, 0.717) is 5.75 Å². The van der Waals surface area contributed by atoms with Gasteiger partial charge in [-0.3, -0.25) is 0 Å². The summed E-state index contributed by atoms with van der Waals surface area (Å²) in [6, 6.07) is 24.7. The molecule has 0 fully saturated rings. The summed E-state index contributed by atoms with van der Waals surface area (Å²) in [7, 11) is 0. The van der Waals surface area contributed by atoms with Gasteiger partial charge < -0.3 is 29.9 Å². The zero-order chi connectivity index (χ0) is 20.5. The fraction of sp³-hybridized carbons (Fsp3) is 0.296. The van der Waals surface area contributed by atoms with Crippen molar-refractivity contribution >= 4 is 21.5 Å². The number of halogens is 2. The second-order valence-electron chi connectivity index (χ2n) is 9.55. The van der Waals surface area contributed by atoms with Crippen LogP contribution in [0, 0.1) is 0 Å². The maximum Gasteiger partial charge on any atom is 3.00 e. The third-order valence-electron chi connectivity index (χ3n) is 5.16. The molecule has 1 radical (unpaired) electrons. The summed E-state index contributed by atoms with van der Waals surface area (Å²) >= 11 is 0. The molecule has 0 unspecified atom stereocenters. The maximum absolute atomic E-state index is 8.63. The molecule has 0 amide bonds. The van der Waals surface area contributed by atoms with Gasteiger partial charge in [0.05, 0.1) is 0 Å². The average Bonchev–Trinajstić information content (AvgIpc) is 2.99. The molecule has 163 valence electrons. The Morgan fingerprint density at radius 2 is 1.29 bits per heavy atom. The molecule has 0 aliphatic rings. The van der Waals surface area contributed by atoms with Crippen LogP contribution in [0.25, 0.3) is 21.5 Å². The molecule has 4 aromatic carbocycles. The smallest absolute Gasteiger partial charge is 1.00 e. The SMILES string of the molecule is CC(C)(C)c1ccc2[cH-]c3cccc(C(C)(C)C)c3c2c1.Oc1ccccc1.[Cl-].[Cl-].[Ti+3]. The van der Waals surface area contributed by atoms with Crippen molar-refractivity contribution < 1.29 is 51.6 Å². The number of hydrogen-bond donors (Lipinski definition) is 1. The molecule has 0 heterocycles. The molecule has 0 aliphatic heterocycles. The quantitative estimate of drug-likeness (QED) is 0.294. The van der Waals surface area contributed by atoms with Gasteiger partial charge in [-0.2, -0.15) is 0 Å². The minimum absolute atomic E-state index is 0. The second-order valence-corrected chi connectivity index (χ2v) is 9.55. The molecule has 4 rings (SSSR count). The normalized spacial score (nSPS) is 10.9. The Kier molecular flexibility index (Phi) is 11.0. The molecule has 1 N–H and O–H groups in total. The number of fused-ring (bicyclic) bond motifs is 3. The summed E-state index contributed by atoms with van der Waals surface area (Å²) in [5.41, 5.74) is 3.21. The van der Waals surface area contributed by atoms with Crippen LogP contribution in [0.3, 0.4) is 0 Å². The van der Waals surface area contributed by atoms with E-state index in [-0.39, 0.29) is 57.4 Å². The number of para-hydroxylation sites is 1. The van der Waals surface area contributed by atoms with E-state index in [4.69, 9.17) is 5.11 Å². The molecule has 0 saturated heterocycles. The molecule has 0 spiro atoms. The molecule has 4 aromatic rings. The van der Waals surface area contributed by atoms with Gasteiger partial charge in [0.1, 0.15) is 5.75 Å². The molecule has 0 atom stereocenters. The van der Waals surface area contributed by atoms with Gasteiger partial charge in [-0.25, -0.2) is 0 Å². The Balaban J connectivity index is 0.000000777. The molecule has 0 aromatic heterocycles. The number of phenolic OH excluding ortho intramolecular Hbond substituents is 1. The zero-order valence-corrected chi connectivity index (χ0v) is 22.2. The minimum atomic E-state index is 0. The summed E-state index contributed by atoms with van der Waals surface area (Å²) in [6.07, 6.45) is 0. The van der Waals surface area contributed by atoms with Gasteiger partial charge in [-0.1, -0.05) is 95.1 Å². The largest absolute Gasteiger partial charge is 3.00 e. The average molecular weight is 490 g/mol. The van der Waals surface area contributed by atoms with Crippen molar-refractivity contribution in [1.82, 2.24) is 0 Å². The summed E-state index contributed by atoms with van der Waals surface area (Å²) in [5, 5.41) is 14.2. The van der Waals surface area contributed by atoms with Crippen molar-refractivity contribution in [2.45, 2.75) is 52.4 Å². The Bertz CT molecular complexity index is 1090. The molecule has 31 heavy (non-hydrogen) atoms. The van der Waals surface area contributed by atoms with Crippen molar-refractivity contribution in [3.8, 4) is 5.75 Å². The second kappa shape index (κ2) is 11.5. The number of phenols is 1. The first kappa shape index (κ1) is 29.6. The van der Waals surface area contributed by atoms with Crippen molar-refractivity contribution in [1.29, 1.82) is 0 Å². The first-order valence-corrected chi connectivity index (χ1v) is 9.94. The van der Waals surface area contributed by atoms with E-state index in [9.17, 15) is 0 Å². The molecule has 0 bridgehead atoms. The van der Waals surface area contributed by atoms with E-state index in [1.54, 1.807) is 24.3 Å². The van der Waals surface area contributed by atoms with Gasteiger partial charge in [0, 0.05) is 0 Å². The van der Waals surface area contributed by atoms with Crippen LogP contribution in [0.4, 0.5) is 0 Å². The molecule has 4 heteroatoms. The molecular formula is C27H31Cl2OTi.